The summed E-state index contributed by atoms with van der Waals surface area (Å²) >= 11 is 0. The lowest BCUT2D eigenvalue weighted by molar-refractivity contribution is -0.151. The first-order valence-electron chi connectivity index (χ1n) is 11.1. The van der Waals surface area contributed by atoms with Gasteiger partial charge in [0.05, 0.1) is 0 Å². The third-order valence-corrected chi connectivity index (χ3v) is 4.43. The Bertz CT molecular complexity index is 1240. The van der Waals surface area contributed by atoms with E-state index in [1.807, 2.05) is 0 Å². The Labute approximate surface area is 219 Å². The number of rotatable bonds is 11. The van der Waals surface area contributed by atoms with Gasteiger partial charge in [-0.1, -0.05) is 31.9 Å². The summed E-state index contributed by atoms with van der Waals surface area (Å²) in [5, 5.41) is 0. The average molecular weight is 523 g/mol. The summed E-state index contributed by atoms with van der Waals surface area (Å²) in [6, 6.07) is 10.5. The summed E-state index contributed by atoms with van der Waals surface area (Å²) in [7, 11) is 0. The molecule has 0 saturated heterocycles. The van der Waals surface area contributed by atoms with Crippen LogP contribution in [0.25, 0.3) is 11.1 Å². The second kappa shape index (κ2) is 13.4. The third kappa shape index (κ3) is 9.23. The number of esters is 5. The van der Waals surface area contributed by atoms with Gasteiger partial charge in [0.1, 0.15) is 17.2 Å². The molecule has 38 heavy (non-hydrogen) atoms. The maximum Gasteiger partial charge on any atom is 0.349 e. The Morgan fingerprint density at radius 1 is 0.553 bits per heavy atom. The first-order valence-corrected chi connectivity index (χ1v) is 11.1. The van der Waals surface area contributed by atoms with Gasteiger partial charge in [-0.2, -0.15) is 0 Å². The van der Waals surface area contributed by atoms with Gasteiger partial charge in [0.2, 0.25) is 0 Å². The maximum absolute atomic E-state index is 12.2. The molecule has 0 aromatic heterocycles. The van der Waals surface area contributed by atoms with Crippen LogP contribution in [0.3, 0.4) is 0 Å². The van der Waals surface area contributed by atoms with Crippen molar-refractivity contribution in [2.45, 2.75) is 20.8 Å². The van der Waals surface area contributed by atoms with E-state index in [0.717, 1.165) is 0 Å². The summed E-state index contributed by atoms with van der Waals surface area (Å²) in [5.41, 5.74) is 1.49. The molecule has 0 heterocycles. The number of ether oxygens (including phenoxy) is 5. The fourth-order valence-corrected chi connectivity index (χ4v) is 2.58. The number of carbonyl (C=O) groups excluding carboxylic acids is 5. The fourth-order valence-electron chi connectivity index (χ4n) is 2.58. The van der Waals surface area contributed by atoms with Crippen LogP contribution in [0, 0.1) is 0 Å². The molecule has 2 rings (SSSR count). The van der Waals surface area contributed by atoms with Crippen molar-refractivity contribution in [2.24, 2.45) is 0 Å². The van der Waals surface area contributed by atoms with Gasteiger partial charge in [-0.3, -0.25) is 0 Å². The van der Waals surface area contributed by atoms with E-state index in [9.17, 15) is 24.0 Å². The lowest BCUT2D eigenvalue weighted by atomic mass is 10.0. The lowest BCUT2D eigenvalue weighted by Crippen LogP contribution is -2.20. The monoisotopic (exact) mass is 522 g/mol. The van der Waals surface area contributed by atoms with Crippen LogP contribution in [-0.4, -0.2) is 43.1 Å². The van der Waals surface area contributed by atoms with E-state index >= 15 is 0 Å². The molecule has 2 aromatic carbocycles. The Hall–Kier alpha value is -4.99. The molecule has 10 nitrogen and oxygen atoms in total. The molecule has 198 valence electrons. The molecular weight excluding hydrogens is 496 g/mol. The molecule has 0 radical (unpaired) electrons. The number of hydrogen-bond acceptors (Lipinski definition) is 10. The SMILES string of the molecule is C=C(C)C(=O)OCC(=O)Oc1cc(OC(=O)COC(=O)C(=C)C)cc(-c2ccc(OC(=O)C(=C)C)cc2)c1. The van der Waals surface area contributed by atoms with E-state index in [1.54, 1.807) is 12.1 Å². The molecule has 0 spiro atoms. The minimum absolute atomic E-state index is 0.0293. The minimum atomic E-state index is -0.897. The summed E-state index contributed by atoms with van der Waals surface area (Å²) in [5.74, 6) is -3.69. The smallest absolute Gasteiger partial charge is 0.349 e. The Balaban J connectivity index is 2.28. The summed E-state index contributed by atoms with van der Waals surface area (Å²) < 4.78 is 25.2. The van der Waals surface area contributed by atoms with Gasteiger partial charge in [0, 0.05) is 22.8 Å². The molecule has 0 atom stereocenters. The van der Waals surface area contributed by atoms with Crippen LogP contribution in [0.2, 0.25) is 0 Å². The van der Waals surface area contributed by atoms with E-state index in [0.29, 0.717) is 11.1 Å². The van der Waals surface area contributed by atoms with Crippen molar-refractivity contribution in [1.82, 2.24) is 0 Å². The largest absolute Gasteiger partial charge is 0.450 e. The highest BCUT2D eigenvalue weighted by molar-refractivity contribution is 5.90. The second-order valence-electron chi connectivity index (χ2n) is 8.05. The molecule has 0 bridgehead atoms. The lowest BCUT2D eigenvalue weighted by Gasteiger charge is -2.12. The highest BCUT2D eigenvalue weighted by Gasteiger charge is 2.16. The first kappa shape index (κ1) is 29.2. The predicted octanol–water partition coefficient (Wildman–Crippen LogP) is 3.88. The van der Waals surface area contributed by atoms with Crippen molar-refractivity contribution >= 4 is 29.8 Å². The molecule has 0 fully saturated rings. The van der Waals surface area contributed by atoms with Crippen LogP contribution < -0.4 is 14.2 Å². The second-order valence-corrected chi connectivity index (χ2v) is 8.05. The van der Waals surface area contributed by atoms with Crippen LogP contribution in [-0.2, 0) is 33.4 Å². The van der Waals surface area contributed by atoms with Crippen molar-refractivity contribution in [2.75, 3.05) is 13.2 Å². The Kier molecular flexibility index (Phi) is 10.3. The quantitative estimate of drug-likeness (QED) is 0.243. The van der Waals surface area contributed by atoms with E-state index < -0.39 is 43.1 Å². The van der Waals surface area contributed by atoms with Crippen molar-refractivity contribution in [3.63, 3.8) is 0 Å². The minimum Gasteiger partial charge on any atom is -0.450 e. The highest BCUT2D eigenvalue weighted by atomic mass is 16.6. The Morgan fingerprint density at radius 2 is 0.974 bits per heavy atom. The standard InChI is InChI=1S/C28H26O10/c1-16(2)26(31)34-14-24(29)36-22-11-20(19-7-9-21(10-8-19)38-28(33)18(5)6)12-23(13-22)37-25(30)15-35-27(32)17(3)4/h7-13H,1,3,5,14-15H2,2,4,6H3. The van der Waals surface area contributed by atoms with Gasteiger partial charge in [0.25, 0.3) is 0 Å². The van der Waals surface area contributed by atoms with E-state index in [2.05, 4.69) is 19.7 Å². The first-order chi connectivity index (χ1) is 17.8. The summed E-state index contributed by atoms with van der Waals surface area (Å²) in [6.45, 7) is 13.4. The van der Waals surface area contributed by atoms with Crippen LogP contribution in [0.15, 0.2) is 78.9 Å². The van der Waals surface area contributed by atoms with Crippen molar-refractivity contribution in [1.29, 1.82) is 0 Å². The fraction of sp³-hybridized carbons (Fsp3) is 0.179. The van der Waals surface area contributed by atoms with Crippen molar-refractivity contribution < 1.29 is 47.7 Å². The van der Waals surface area contributed by atoms with Crippen LogP contribution in [0.1, 0.15) is 20.8 Å². The molecule has 2 aromatic rings. The summed E-state index contributed by atoms with van der Waals surface area (Å²) in [6.07, 6.45) is 0. The molecule has 0 unspecified atom stereocenters. The molecule has 0 amide bonds. The van der Waals surface area contributed by atoms with Gasteiger partial charge < -0.3 is 23.7 Å². The van der Waals surface area contributed by atoms with Crippen LogP contribution in [0.4, 0.5) is 0 Å². The molecule has 10 heteroatoms. The Morgan fingerprint density at radius 3 is 1.37 bits per heavy atom. The van der Waals surface area contributed by atoms with Crippen LogP contribution in [0.5, 0.6) is 17.2 Å². The normalized spacial score (nSPS) is 9.97. The van der Waals surface area contributed by atoms with E-state index in [-0.39, 0.29) is 34.0 Å². The topological polar surface area (TPSA) is 132 Å². The van der Waals surface area contributed by atoms with Gasteiger partial charge in [0.15, 0.2) is 13.2 Å². The zero-order valence-corrected chi connectivity index (χ0v) is 21.2. The van der Waals surface area contributed by atoms with E-state index in [4.69, 9.17) is 23.7 Å². The highest BCUT2D eigenvalue weighted by Crippen LogP contribution is 2.31. The molecular formula is C28H26O10. The molecule has 0 aliphatic heterocycles. The van der Waals surface area contributed by atoms with E-state index in [1.165, 1.54) is 51.1 Å². The van der Waals surface area contributed by atoms with Gasteiger partial charge in [-0.25, -0.2) is 24.0 Å². The number of hydrogen-bond donors (Lipinski definition) is 0. The maximum atomic E-state index is 12.2. The summed E-state index contributed by atoms with van der Waals surface area (Å²) in [4.78, 5) is 59.2. The molecule has 0 saturated carbocycles. The van der Waals surface area contributed by atoms with Gasteiger partial charge in [-0.05, 0) is 56.2 Å². The average Bonchev–Trinajstić information content (AvgIpc) is 2.85. The number of carbonyl (C=O) groups is 5. The van der Waals surface area contributed by atoms with Crippen molar-refractivity contribution in [3.05, 3.63) is 78.9 Å². The zero-order chi connectivity index (χ0) is 28.4. The molecule has 0 N–H and O–H groups in total. The van der Waals surface area contributed by atoms with Gasteiger partial charge in [-0.15, -0.1) is 0 Å². The molecule has 0 aliphatic rings. The van der Waals surface area contributed by atoms with Crippen molar-refractivity contribution in [3.8, 4) is 28.4 Å². The predicted molar refractivity (Wildman–Crippen MR) is 135 cm³/mol. The zero-order valence-electron chi connectivity index (χ0n) is 21.2. The van der Waals surface area contributed by atoms with Crippen LogP contribution >= 0.6 is 0 Å². The third-order valence-electron chi connectivity index (χ3n) is 4.43. The van der Waals surface area contributed by atoms with Gasteiger partial charge >= 0.3 is 29.8 Å². The number of benzene rings is 2. The molecule has 0 aliphatic carbocycles.